The Morgan fingerprint density at radius 3 is 2.48 bits per heavy atom. The number of nitrogens with zero attached hydrogens (tertiary/aromatic N) is 2. The van der Waals surface area contributed by atoms with Crippen molar-refractivity contribution in [1.82, 2.24) is 0 Å². The third-order valence-electron chi connectivity index (χ3n) is 2.79. The topological polar surface area (TPSA) is 44.1 Å². The summed E-state index contributed by atoms with van der Waals surface area (Å²) in [6, 6.07) is 19.1. The molecule has 2 rings (SSSR count). The molecule has 0 saturated heterocycles. The van der Waals surface area contributed by atoms with Crippen LogP contribution < -0.4 is 4.90 Å². The lowest BCUT2D eigenvalue weighted by molar-refractivity contribution is -0.116. The van der Waals surface area contributed by atoms with Crippen LogP contribution in [0.1, 0.15) is 0 Å². The van der Waals surface area contributed by atoms with Crippen LogP contribution in [0.5, 0.6) is 0 Å². The Balaban J connectivity index is 2.07. The molecule has 0 unspecified atom stereocenters. The first-order valence-electron chi connectivity index (χ1n) is 6.32. The fourth-order valence-corrected chi connectivity index (χ4v) is 3.22. The summed E-state index contributed by atoms with van der Waals surface area (Å²) < 4.78 is 0.967. The molecule has 0 atom stereocenters. The molecule has 0 radical (unpaired) electrons. The van der Waals surface area contributed by atoms with E-state index in [2.05, 4.69) is 15.9 Å². The van der Waals surface area contributed by atoms with Gasteiger partial charge in [0.15, 0.2) is 0 Å². The van der Waals surface area contributed by atoms with Crippen LogP contribution in [0, 0.1) is 11.3 Å². The Hall–Kier alpha value is -1.77. The summed E-state index contributed by atoms with van der Waals surface area (Å²) >= 11 is 4.92. The minimum absolute atomic E-state index is 0.0549. The maximum absolute atomic E-state index is 12.4. The minimum atomic E-state index is -0.0801. The van der Waals surface area contributed by atoms with E-state index < -0.39 is 0 Å². The van der Waals surface area contributed by atoms with Crippen LogP contribution in [-0.2, 0) is 4.79 Å². The van der Waals surface area contributed by atoms with E-state index in [1.54, 1.807) is 0 Å². The number of para-hydroxylation sites is 1. The second-order valence-electron chi connectivity index (χ2n) is 4.19. The fraction of sp³-hybridized carbons (Fsp3) is 0.125. The zero-order valence-electron chi connectivity index (χ0n) is 11.2. The van der Waals surface area contributed by atoms with Gasteiger partial charge in [-0.3, -0.25) is 9.69 Å². The highest BCUT2D eigenvalue weighted by Gasteiger charge is 2.15. The number of rotatable bonds is 5. The van der Waals surface area contributed by atoms with Crippen molar-refractivity contribution < 1.29 is 4.79 Å². The van der Waals surface area contributed by atoms with Crippen molar-refractivity contribution in [2.75, 3.05) is 17.2 Å². The molecule has 0 aliphatic heterocycles. The van der Waals surface area contributed by atoms with E-state index in [0.29, 0.717) is 5.75 Å². The molecule has 2 aromatic carbocycles. The first-order chi connectivity index (χ1) is 10.2. The van der Waals surface area contributed by atoms with E-state index in [-0.39, 0.29) is 12.5 Å². The summed E-state index contributed by atoms with van der Waals surface area (Å²) in [6.07, 6.45) is 0. The van der Waals surface area contributed by atoms with E-state index in [4.69, 9.17) is 5.26 Å². The van der Waals surface area contributed by atoms with Crippen molar-refractivity contribution in [3.05, 3.63) is 59.1 Å². The van der Waals surface area contributed by atoms with Gasteiger partial charge in [0.25, 0.3) is 0 Å². The molecular formula is C16H13BrN2OS. The number of anilines is 1. The van der Waals surface area contributed by atoms with Gasteiger partial charge in [0.2, 0.25) is 5.91 Å². The lowest BCUT2D eigenvalue weighted by atomic mass is 10.3. The number of carbonyl (C=O) groups is 1. The van der Waals surface area contributed by atoms with Crippen LogP contribution in [-0.4, -0.2) is 18.2 Å². The number of hydrogen-bond donors (Lipinski definition) is 0. The summed E-state index contributed by atoms with van der Waals surface area (Å²) in [5.41, 5.74) is 0.747. The maximum Gasteiger partial charge on any atom is 0.238 e. The summed E-state index contributed by atoms with van der Waals surface area (Å²) in [5.74, 6) is 0.211. The highest BCUT2D eigenvalue weighted by molar-refractivity contribution is 9.10. The average molecular weight is 361 g/mol. The molecule has 0 bridgehead atoms. The SMILES string of the molecule is N#CCN(C(=O)CSc1ccccc1Br)c1ccccc1. The van der Waals surface area contributed by atoms with Crippen LogP contribution >= 0.6 is 27.7 Å². The molecule has 0 N–H and O–H groups in total. The van der Waals surface area contributed by atoms with Gasteiger partial charge in [0, 0.05) is 15.1 Å². The van der Waals surface area contributed by atoms with Crippen LogP contribution in [0.25, 0.3) is 0 Å². The molecule has 2 aromatic rings. The number of thioether (sulfide) groups is 1. The Bertz CT molecular complexity index is 655. The Kier molecular flexibility index (Phi) is 5.85. The zero-order valence-corrected chi connectivity index (χ0v) is 13.6. The second-order valence-corrected chi connectivity index (χ2v) is 6.06. The summed E-state index contributed by atoms with van der Waals surface area (Å²) in [7, 11) is 0. The molecule has 0 spiro atoms. The molecule has 5 heteroatoms. The van der Waals surface area contributed by atoms with Gasteiger partial charge >= 0.3 is 0 Å². The van der Waals surface area contributed by atoms with E-state index >= 15 is 0 Å². The molecule has 21 heavy (non-hydrogen) atoms. The van der Waals surface area contributed by atoms with Gasteiger partial charge in [0.05, 0.1) is 11.8 Å². The molecule has 0 heterocycles. The minimum Gasteiger partial charge on any atom is -0.298 e. The number of benzene rings is 2. The van der Waals surface area contributed by atoms with Gasteiger partial charge in [-0.15, -0.1) is 11.8 Å². The van der Waals surface area contributed by atoms with Crippen molar-refractivity contribution in [2.45, 2.75) is 4.90 Å². The molecule has 106 valence electrons. The van der Waals surface area contributed by atoms with Crippen molar-refractivity contribution in [1.29, 1.82) is 5.26 Å². The fourth-order valence-electron chi connectivity index (χ4n) is 1.78. The second kappa shape index (κ2) is 7.87. The van der Waals surface area contributed by atoms with Gasteiger partial charge < -0.3 is 0 Å². The van der Waals surface area contributed by atoms with E-state index in [1.807, 2.05) is 60.7 Å². The molecule has 0 saturated carbocycles. The molecule has 1 amide bonds. The van der Waals surface area contributed by atoms with Gasteiger partial charge in [-0.2, -0.15) is 5.26 Å². The number of carbonyl (C=O) groups excluding carboxylic acids is 1. The monoisotopic (exact) mass is 360 g/mol. The predicted octanol–water partition coefficient (Wildman–Crippen LogP) is 4.10. The molecule has 0 aromatic heterocycles. The van der Waals surface area contributed by atoms with E-state index in [1.165, 1.54) is 16.7 Å². The first kappa shape index (κ1) is 15.6. The normalized spacial score (nSPS) is 9.90. The van der Waals surface area contributed by atoms with Gasteiger partial charge in [0.1, 0.15) is 6.54 Å². The summed E-state index contributed by atoms with van der Waals surface area (Å²) in [4.78, 5) is 14.9. The standard InChI is InChI=1S/C16H13BrN2OS/c17-14-8-4-5-9-15(14)21-12-16(20)19(11-10-18)13-6-2-1-3-7-13/h1-9H,11-12H2. The van der Waals surface area contributed by atoms with Crippen LogP contribution in [0.15, 0.2) is 64.0 Å². The lowest BCUT2D eigenvalue weighted by Gasteiger charge is -2.19. The molecule has 0 aliphatic carbocycles. The third kappa shape index (κ3) is 4.35. The Morgan fingerprint density at radius 2 is 1.81 bits per heavy atom. The summed E-state index contributed by atoms with van der Waals surface area (Å²) in [6.45, 7) is 0.0549. The van der Waals surface area contributed by atoms with Gasteiger partial charge in [-0.1, -0.05) is 30.3 Å². The van der Waals surface area contributed by atoms with E-state index in [0.717, 1.165) is 15.1 Å². The molecule has 0 aliphatic rings. The highest BCUT2D eigenvalue weighted by Crippen LogP contribution is 2.27. The number of halogens is 1. The predicted molar refractivity (Wildman–Crippen MR) is 89.3 cm³/mol. The van der Waals surface area contributed by atoms with Gasteiger partial charge in [-0.25, -0.2) is 0 Å². The summed E-state index contributed by atoms with van der Waals surface area (Å²) in [5, 5.41) is 8.92. The van der Waals surface area contributed by atoms with Crippen LogP contribution in [0.3, 0.4) is 0 Å². The quantitative estimate of drug-likeness (QED) is 0.595. The molecule has 0 fully saturated rings. The first-order valence-corrected chi connectivity index (χ1v) is 8.10. The third-order valence-corrected chi connectivity index (χ3v) is 4.80. The number of amides is 1. The highest BCUT2D eigenvalue weighted by atomic mass is 79.9. The van der Waals surface area contributed by atoms with Crippen molar-refractivity contribution in [3.63, 3.8) is 0 Å². The zero-order chi connectivity index (χ0) is 15.1. The molecule has 3 nitrogen and oxygen atoms in total. The van der Waals surface area contributed by atoms with Crippen LogP contribution in [0.4, 0.5) is 5.69 Å². The Morgan fingerprint density at radius 1 is 1.14 bits per heavy atom. The van der Waals surface area contributed by atoms with Crippen LogP contribution in [0.2, 0.25) is 0 Å². The largest absolute Gasteiger partial charge is 0.298 e. The van der Waals surface area contributed by atoms with Gasteiger partial charge in [-0.05, 0) is 40.2 Å². The number of hydrogen-bond acceptors (Lipinski definition) is 3. The average Bonchev–Trinajstić information content (AvgIpc) is 2.52. The Labute approximate surface area is 136 Å². The number of nitriles is 1. The van der Waals surface area contributed by atoms with Crippen molar-refractivity contribution >= 4 is 39.3 Å². The van der Waals surface area contributed by atoms with E-state index in [9.17, 15) is 4.79 Å². The smallest absolute Gasteiger partial charge is 0.238 e. The van der Waals surface area contributed by atoms with Crippen molar-refractivity contribution in [2.24, 2.45) is 0 Å². The lowest BCUT2D eigenvalue weighted by Crippen LogP contribution is -2.32. The molecular weight excluding hydrogens is 348 g/mol. The van der Waals surface area contributed by atoms with Crippen molar-refractivity contribution in [3.8, 4) is 6.07 Å². The maximum atomic E-state index is 12.4.